The number of aromatic amines is 1. The Balaban J connectivity index is 2.63. The highest BCUT2D eigenvalue weighted by Gasteiger charge is 2.10. The van der Waals surface area contributed by atoms with Gasteiger partial charge in [0.05, 0.1) is 10.7 Å². The van der Waals surface area contributed by atoms with Crippen molar-refractivity contribution in [2.24, 2.45) is 0 Å². The van der Waals surface area contributed by atoms with E-state index in [4.69, 9.17) is 23.8 Å². The Kier molecular flexibility index (Phi) is 4.22. The molecular formula is C11H11ClIN3S. The molecule has 0 saturated carbocycles. The minimum absolute atomic E-state index is 0.581. The van der Waals surface area contributed by atoms with Gasteiger partial charge in [-0.25, -0.2) is 0 Å². The lowest BCUT2D eigenvalue weighted by Crippen LogP contribution is -2.02. The molecule has 0 atom stereocenters. The monoisotopic (exact) mass is 379 g/mol. The van der Waals surface area contributed by atoms with E-state index in [1.54, 1.807) is 0 Å². The van der Waals surface area contributed by atoms with Gasteiger partial charge in [0.25, 0.3) is 0 Å². The first-order valence-electron chi connectivity index (χ1n) is 5.25. The van der Waals surface area contributed by atoms with Gasteiger partial charge < -0.3 is 0 Å². The minimum atomic E-state index is 0.581. The van der Waals surface area contributed by atoms with Crippen LogP contribution in [0.3, 0.4) is 0 Å². The van der Waals surface area contributed by atoms with Crippen molar-refractivity contribution in [3.05, 3.63) is 37.4 Å². The van der Waals surface area contributed by atoms with Crippen molar-refractivity contribution in [1.82, 2.24) is 14.8 Å². The number of halogens is 2. The van der Waals surface area contributed by atoms with Gasteiger partial charge in [-0.05, 0) is 59.4 Å². The summed E-state index contributed by atoms with van der Waals surface area (Å²) in [7, 11) is 0. The zero-order valence-electron chi connectivity index (χ0n) is 9.20. The van der Waals surface area contributed by atoms with Crippen LogP contribution in [0, 0.1) is 8.34 Å². The average Bonchev–Trinajstić information content (AvgIpc) is 2.64. The minimum Gasteiger partial charge on any atom is -0.271 e. The van der Waals surface area contributed by atoms with Crippen molar-refractivity contribution in [3.8, 4) is 5.69 Å². The third-order valence-corrected chi connectivity index (χ3v) is 3.63. The average molecular weight is 380 g/mol. The fraction of sp³-hybridized carbons (Fsp3) is 0.273. The molecule has 1 N–H and O–H groups in total. The summed E-state index contributed by atoms with van der Waals surface area (Å²) in [6.45, 7) is 2.11. The maximum Gasteiger partial charge on any atom is 0.199 e. The molecule has 1 aromatic carbocycles. The first kappa shape index (κ1) is 13.0. The number of hydrogen-bond donors (Lipinski definition) is 1. The van der Waals surface area contributed by atoms with E-state index in [-0.39, 0.29) is 0 Å². The SMILES string of the molecule is CCCc1n[nH]c(=S)n1-c1cc(I)ccc1Cl. The second kappa shape index (κ2) is 5.49. The van der Waals surface area contributed by atoms with Crippen molar-refractivity contribution in [1.29, 1.82) is 0 Å². The third kappa shape index (κ3) is 2.71. The van der Waals surface area contributed by atoms with Gasteiger partial charge in [0, 0.05) is 9.99 Å². The van der Waals surface area contributed by atoms with Crippen molar-refractivity contribution >= 4 is 46.4 Å². The van der Waals surface area contributed by atoms with E-state index >= 15 is 0 Å². The molecule has 0 fully saturated rings. The lowest BCUT2D eigenvalue weighted by atomic mass is 10.3. The second-order valence-electron chi connectivity index (χ2n) is 3.63. The molecule has 3 nitrogen and oxygen atoms in total. The van der Waals surface area contributed by atoms with E-state index in [1.807, 2.05) is 22.8 Å². The summed E-state index contributed by atoms with van der Waals surface area (Å²) in [6, 6.07) is 5.85. The molecule has 0 aliphatic heterocycles. The molecule has 0 saturated heterocycles. The Bertz CT molecular complexity index is 591. The predicted molar refractivity (Wildman–Crippen MR) is 80.5 cm³/mol. The van der Waals surface area contributed by atoms with Gasteiger partial charge in [-0.1, -0.05) is 18.5 Å². The molecule has 2 rings (SSSR count). The predicted octanol–water partition coefficient (Wildman–Crippen LogP) is 4.14. The lowest BCUT2D eigenvalue weighted by Gasteiger charge is -2.08. The summed E-state index contributed by atoms with van der Waals surface area (Å²) in [6.07, 6.45) is 1.89. The Morgan fingerprint density at radius 1 is 1.53 bits per heavy atom. The third-order valence-electron chi connectivity index (χ3n) is 2.36. The molecule has 6 heteroatoms. The zero-order chi connectivity index (χ0) is 12.4. The van der Waals surface area contributed by atoms with Crippen molar-refractivity contribution < 1.29 is 0 Å². The maximum atomic E-state index is 6.22. The molecule has 0 aliphatic carbocycles. The Labute approximate surface area is 123 Å². The van der Waals surface area contributed by atoms with Crippen LogP contribution >= 0.6 is 46.4 Å². The summed E-state index contributed by atoms with van der Waals surface area (Å²) in [4.78, 5) is 0. The summed E-state index contributed by atoms with van der Waals surface area (Å²) in [5.41, 5.74) is 0.890. The van der Waals surface area contributed by atoms with Crippen LogP contribution < -0.4 is 0 Å². The summed E-state index contributed by atoms with van der Waals surface area (Å²) >= 11 is 13.7. The van der Waals surface area contributed by atoms with Crippen LogP contribution in [-0.2, 0) is 6.42 Å². The summed E-state index contributed by atoms with van der Waals surface area (Å²) < 4.78 is 3.61. The smallest absolute Gasteiger partial charge is 0.199 e. The number of H-pyrrole nitrogens is 1. The molecule has 0 unspecified atom stereocenters. The lowest BCUT2D eigenvalue weighted by molar-refractivity contribution is 0.801. The number of nitrogens with one attached hydrogen (secondary N) is 1. The zero-order valence-corrected chi connectivity index (χ0v) is 12.9. The van der Waals surface area contributed by atoms with Gasteiger partial charge in [-0.15, -0.1) is 0 Å². The van der Waals surface area contributed by atoms with Crippen LogP contribution in [0.25, 0.3) is 5.69 Å². The molecule has 0 spiro atoms. The molecule has 0 radical (unpaired) electrons. The van der Waals surface area contributed by atoms with E-state index < -0.39 is 0 Å². The van der Waals surface area contributed by atoms with Crippen molar-refractivity contribution in [2.75, 3.05) is 0 Å². The molecule has 17 heavy (non-hydrogen) atoms. The number of aromatic nitrogens is 3. The molecule has 1 aromatic heterocycles. The number of benzene rings is 1. The summed E-state index contributed by atoms with van der Waals surface area (Å²) in [5, 5.41) is 7.74. The fourth-order valence-electron chi connectivity index (χ4n) is 1.63. The van der Waals surface area contributed by atoms with Crippen LogP contribution in [-0.4, -0.2) is 14.8 Å². The Hall–Kier alpha value is -0.400. The highest BCUT2D eigenvalue weighted by molar-refractivity contribution is 14.1. The molecule has 0 amide bonds. The number of hydrogen-bond acceptors (Lipinski definition) is 2. The highest BCUT2D eigenvalue weighted by Crippen LogP contribution is 2.24. The second-order valence-corrected chi connectivity index (χ2v) is 5.67. The topological polar surface area (TPSA) is 33.6 Å². The van der Waals surface area contributed by atoms with Crippen LogP contribution in [0.2, 0.25) is 5.02 Å². The van der Waals surface area contributed by atoms with E-state index in [1.165, 1.54) is 0 Å². The molecule has 90 valence electrons. The first-order valence-corrected chi connectivity index (χ1v) is 7.11. The highest BCUT2D eigenvalue weighted by atomic mass is 127. The van der Waals surface area contributed by atoms with Gasteiger partial charge in [0.2, 0.25) is 0 Å². The largest absolute Gasteiger partial charge is 0.271 e. The van der Waals surface area contributed by atoms with Crippen LogP contribution in [0.15, 0.2) is 18.2 Å². The molecular weight excluding hydrogens is 369 g/mol. The van der Waals surface area contributed by atoms with Gasteiger partial charge in [-0.2, -0.15) is 5.10 Å². The quantitative estimate of drug-likeness (QED) is 0.642. The summed E-state index contributed by atoms with van der Waals surface area (Å²) in [5.74, 6) is 0.918. The van der Waals surface area contributed by atoms with E-state index in [0.29, 0.717) is 9.79 Å². The molecule has 1 heterocycles. The van der Waals surface area contributed by atoms with Crippen LogP contribution in [0.5, 0.6) is 0 Å². The number of rotatable bonds is 3. The van der Waals surface area contributed by atoms with E-state index in [0.717, 1.165) is 27.9 Å². The van der Waals surface area contributed by atoms with Gasteiger partial charge in [0.15, 0.2) is 4.77 Å². The van der Waals surface area contributed by atoms with Crippen molar-refractivity contribution in [2.45, 2.75) is 19.8 Å². The van der Waals surface area contributed by atoms with E-state index in [9.17, 15) is 0 Å². The first-order chi connectivity index (χ1) is 8.13. The molecule has 0 bridgehead atoms. The Morgan fingerprint density at radius 3 is 3.00 bits per heavy atom. The van der Waals surface area contributed by atoms with E-state index in [2.05, 4.69) is 39.7 Å². The molecule has 2 aromatic rings. The normalized spacial score (nSPS) is 10.8. The fourth-order valence-corrected chi connectivity index (χ4v) is 2.55. The standard InChI is InChI=1S/C11H11ClIN3S/c1-2-3-10-14-15-11(17)16(10)9-6-7(13)4-5-8(9)12/h4-6H,2-3H2,1H3,(H,15,17). The van der Waals surface area contributed by atoms with Crippen LogP contribution in [0.1, 0.15) is 19.2 Å². The van der Waals surface area contributed by atoms with Crippen LogP contribution in [0.4, 0.5) is 0 Å². The van der Waals surface area contributed by atoms with Gasteiger partial charge in [0.1, 0.15) is 5.82 Å². The Morgan fingerprint density at radius 2 is 2.29 bits per heavy atom. The molecule has 0 aliphatic rings. The number of nitrogens with zero attached hydrogens (tertiary/aromatic N) is 2. The number of aryl methyl sites for hydroxylation is 1. The maximum absolute atomic E-state index is 6.22. The van der Waals surface area contributed by atoms with Gasteiger partial charge in [-0.3, -0.25) is 9.67 Å². The van der Waals surface area contributed by atoms with Crippen molar-refractivity contribution in [3.63, 3.8) is 0 Å². The van der Waals surface area contributed by atoms with Gasteiger partial charge >= 0.3 is 0 Å².